The van der Waals surface area contributed by atoms with Crippen LogP contribution in [0, 0.1) is 0 Å². The second-order valence-electron chi connectivity index (χ2n) is 7.87. The summed E-state index contributed by atoms with van der Waals surface area (Å²) in [6, 6.07) is 0. The maximum atomic E-state index is 12.3. The molecule has 0 aromatic carbocycles. The van der Waals surface area contributed by atoms with Gasteiger partial charge in [-0.1, -0.05) is 0 Å². The Morgan fingerprint density at radius 2 is 1.19 bits per heavy atom. The van der Waals surface area contributed by atoms with Crippen molar-refractivity contribution in [3.05, 3.63) is 0 Å². The summed E-state index contributed by atoms with van der Waals surface area (Å²) in [4.78, 5) is 48.4. The van der Waals surface area contributed by atoms with E-state index in [1.165, 1.54) is 7.11 Å². The summed E-state index contributed by atoms with van der Waals surface area (Å²) in [5, 5.41) is 0. The molecule has 0 rings (SSSR count). The van der Waals surface area contributed by atoms with Crippen molar-refractivity contribution >= 4 is 23.9 Å². The van der Waals surface area contributed by atoms with Gasteiger partial charge in [-0.25, -0.2) is 14.5 Å². The lowest BCUT2D eigenvalue weighted by Gasteiger charge is -2.28. The van der Waals surface area contributed by atoms with Gasteiger partial charge in [-0.3, -0.25) is 9.59 Å². The van der Waals surface area contributed by atoms with Crippen LogP contribution in [-0.4, -0.2) is 53.7 Å². The van der Waals surface area contributed by atoms with Crippen LogP contribution in [0.2, 0.25) is 0 Å². The summed E-state index contributed by atoms with van der Waals surface area (Å²) in [7, 11) is 1.30. The van der Waals surface area contributed by atoms with E-state index in [9.17, 15) is 19.2 Å². The van der Waals surface area contributed by atoms with E-state index in [1.54, 1.807) is 41.5 Å². The number of Topliss-reactive ketones (excluding diaryl/α,β-unsaturated/α-hetero) is 1. The Kier molecular flexibility index (Phi) is 9.31. The summed E-state index contributed by atoms with van der Waals surface area (Å²) < 4.78 is 14.9. The van der Waals surface area contributed by atoms with Crippen LogP contribution >= 0.6 is 0 Å². The Hall–Kier alpha value is -2.12. The molecule has 0 spiro atoms. The fourth-order valence-corrected chi connectivity index (χ4v) is 1.79. The van der Waals surface area contributed by atoms with Crippen LogP contribution in [0.15, 0.2) is 0 Å². The van der Waals surface area contributed by atoms with Crippen LogP contribution in [0.5, 0.6) is 0 Å². The van der Waals surface area contributed by atoms with Crippen LogP contribution in [-0.2, 0) is 23.8 Å². The molecule has 0 fully saturated rings. The number of hydrogen-bond donors (Lipinski definition) is 0. The molecule has 0 aromatic heterocycles. The number of methoxy groups -OCH3 is 1. The molecule has 0 unspecified atom stereocenters. The molecule has 2 amide bonds. The number of esters is 1. The molecule has 26 heavy (non-hydrogen) atoms. The molecule has 0 heterocycles. The van der Waals surface area contributed by atoms with E-state index in [0.29, 0.717) is 17.7 Å². The van der Waals surface area contributed by atoms with Crippen molar-refractivity contribution in [2.45, 2.75) is 78.4 Å². The average Bonchev–Trinajstić information content (AvgIpc) is 2.45. The number of carbonyl (C=O) groups is 4. The first-order chi connectivity index (χ1) is 11.7. The highest BCUT2D eigenvalue weighted by Gasteiger charge is 2.32. The summed E-state index contributed by atoms with van der Waals surface area (Å²) in [5.74, 6) is -0.673. The van der Waals surface area contributed by atoms with Crippen molar-refractivity contribution in [1.29, 1.82) is 0 Å². The SMILES string of the molecule is COC(=O)CCCCC(=O)CN(C(=O)OC(C)(C)C)C(=O)OC(C)(C)C. The number of hydrogen-bond acceptors (Lipinski definition) is 7. The molecule has 0 aliphatic heterocycles. The summed E-state index contributed by atoms with van der Waals surface area (Å²) in [6.07, 6.45) is -0.601. The second-order valence-corrected chi connectivity index (χ2v) is 7.87. The number of ether oxygens (including phenoxy) is 3. The minimum Gasteiger partial charge on any atom is -0.469 e. The predicted octanol–water partition coefficient (Wildman–Crippen LogP) is 3.46. The van der Waals surface area contributed by atoms with Crippen LogP contribution in [0.25, 0.3) is 0 Å². The van der Waals surface area contributed by atoms with E-state index >= 15 is 0 Å². The Morgan fingerprint density at radius 3 is 1.58 bits per heavy atom. The van der Waals surface area contributed by atoms with Crippen molar-refractivity contribution in [2.75, 3.05) is 13.7 Å². The second kappa shape index (κ2) is 10.1. The van der Waals surface area contributed by atoms with E-state index in [1.807, 2.05) is 0 Å². The van der Waals surface area contributed by atoms with Gasteiger partial charge in [0.1, 0.15) is 11.2 Å². The molecule has 0 saturated heterocycles. The molecule has 0 atom stereocenters. The Balaban J connectivity index is 4.84. The number of ketones is 1. The van der Waals surface area contributed by atoms with E-state index in [-0.39, 0.29) is 24.6 Å². The predicted molar refractivity (Wildman–Crippen MR) is 94.7 cm³/mol. The summed E-state index contributed by atoms with van der Waals surface area (Å²) in [5.41, 5.74) is -1.64. The van der Waals surface area contributed by atoms with Crippen molar-refractivity contribution < 1.29 is 33.4 Å². The fourth-order valence-electron chi connectivity index (χ4n) is 1.79. The minimum atomic E-state index is -0.935. The van der Waals surface area contributed by atoms with Gasteiger partial charge >= 0.3 is 18.2 Å². The van der Waals surface area contributed by atoms with Gasteiger partial charge in [0.2, 0.25) is 0 Å². The van der Waals surface area contributed by atoms with E-state index in [2.05, 4.69) is 4.74 Å². The molecule has 0 N–H and O–H groups in total. The number of nitrogens with zero attached hydrogens (tertiary/aromatic N) is 1. The van der Waals surface area contributed by atoms with Gasteiger partial charge in [-0.2, -0.15) is 0 Å². The number of carbonyl (C=O) groups excluding carboxylic acids is 4. The normalized spacial score (nSPS) is 11.5. The third-order valence-electron chi connectivity index (χ3n) is 2.88. The highest BCUT2D eigenvalue weighted by atomic mass is 16.6. The van der Waals surface area contributed by atoms with Gasteiger partial charge < -0.3 is 14.2 Å². The van der Waals surface area contributed by atoms with Gasteiger partial charge in [0.15, 0.2) is 5.78 Å². The lowest BCUT2D eigenvalue weighted by atomic mass is 10.1. The Morgan fingerprint density at radius 1 is 0.769 bits per heavy atom. The zero-order valence-corrected chi connectivity index (χ0v) is 16.8. The monoisotopic (exact) mass is 373 g/mol. The smallest absolute Gasteiger partial charge is 0.420 e. The number of unbranched alkanes of at least 4 members (excludes halogenated alkanes) is 1. The number of amides is 2. The zero-order valence-electron chi connectivity index (χ0n) is 16.8. The molecule has 0 radical (unpaired) electrons. The summed E-state index contributed by atoms with van der Waals surface area (Å²) in [6.45, 7) is 9.51. The Bertz CT molecular complexity index is 487. The van der Waals surface area contributed by atoms with Gasteiger partial charge in [-0.05, 0) is 54.4 Å². The average molecular weight is 373 g/mol. The lowest BCUT2D eigenvalue weighted by Crippen LogP contribution is -2.45. The molecule has 8 heteroatoms. The van der Waals surface area contributed by atoms with Gasteiger partial charge in [0.05, 0.1) is 13.7 Å². The van der Waals surface area contributed by atoms with Crippen molar-refractivity contribution in [1.82, 2.24) is 4.90 Å². The van der Waals surface area contributed by atoms with Crippen LogP contribution in [0.3, 0.4) is 0 Å². The van der Waals surface area contributed by atoms with Crippen LogP contribution < -0.4 is 0 Å². The van der Waals surface area contributed by atoms with Crippen molar-refractivity contribution in [3.8, 4) is 0 Å². The topological polar surface area (TPSA) is 99.2 Å². The summed E-state index contributed by atoms with van der Waals surface area (Å²) >= 11 is 0. The highest BCUT2D eigenvalue weighted by molar-refractivity contribution is 5.94. The molecule has 0 aliphatic carbocycles. The Labute approximate surface area is 155 Å². The number of rotatable bonds is 7. The third kappa shape index (κ3) is 11.4. The van der Waals surface area contributed by atoms with E-state index < -0.39 is 29.9 Å². The first-order valence-corrected chi connectivity index (χ1v) is 8.57. The van der Waals surface area contributed by atoms with Crippen molar-refractivity contribution in [3.63, 3.8) is 0 Å². The fraction of sp³-hybridized carbons (Fsp3) is 0.778. The first kappa shape index (κ1) is 23.9. The van der Waals surface area contributed by atoms with Gasteiger partial charge in [-0.15, -0.1) is 0 Å². The maximum Gasteiger partial charge on any atom is 0.420 e. The van der Waals surface area contributed by atoms with Crippen molar-refractivity contribution in [2.24, 2.45) is 0 Å². The molecule has 0 aromatic rings. The molecule has 0 bridgehead atoms. The minimum absolute atomic E-state index is 0.124. The van der Waals surface area contributed by atoms with Gasteiger partial charge in [0, 0.05) is 12.8 Å². The highest BCUT2D eigenvalue weighted by Crippen LogP contribution is 2.15. The largest absolute Gasteiger partial charge is 0.469 e. The number of imide groups is 1. The molecule has 8 nitrogen and oxygen atoms in total. The van der Waals surface area contributed by atoms with E-state index in [0.717, 1.165) is 0 Å². The van der Waals surface area contributed by atoms with E-state index in [4.69, 9.17) is 9.47 Å². The van der Waals surface area contributed by atoms with Crippen LogP contribution in [0.1, 0.15) is 67.2 Å². The van der Waals surface area contributed by atoms with Gasteiger partial charge in [0.25, 0.3) is 0 Å². The molecular formula is C18H31NO7. The lowest BCUT2D eigenvalue weighted by molar-refractivity contribution is -0.140. The maximum absolute atomic E-state index is 12.3. The standard InChI is InChI=1S/C18H31NO7/c1-17(2,3)25-15(22)19(16(23)26-18(4,5)6)12-13(20)10-8-9-11-14(21)24-7/h8-12H2,1-7H3. The first-order valence-electron chi connectivity index (χ1n) is 8.57. The third-order valence-corrected chi connectivity index (χ3v) is 2.88. The molecule has 0 saturated carbocycles. The van der Waals surface area contributed by atoms with Crippen LogP contribution in [0.4, 0.5) is 9.59 Å². The molecule has 150 valence electrons. The molecule has 0 aliphatic rings. The molecular weight excluding hydrogens is 342 g/mol. The zero-order chi connectivity index (χ0) is 20.5. The quantitative estimate of drug-likeness (QED) is 0.383.